The fourth-order valence-corrected chi connectivity index (χ4v) is 2.59. The summed E-state index contributed by atoms with van der Waals surface area (Å²) >= 11 is 5.85. The number of hydrogen-bond acceptors (Lipinski definition) is 2. The maximum atomic E-state index is 11.1. The summed E-state index contributed by atoms with van der Waals surface area (Å²) in [7, 11) is -2.88. The van der Waals surface area contributed by atoms with E-state index >= 15 is 0 Å². The van der Waals surface area contributed by atoms with Gasteiger partial charge in [-0.1, -0.05) is 30.3 Å². The van der Waals surface area contributed by atoms with Gasteiger partial charge in [0.15, 0.2) is 0 Å². The molecule has 16 heavy (non-hydrogen) atoms. The Labute approximate surface area is 103 Å². The van der Waals surface area contributed by atoms with Gasteiger partial charge in [0.2, 0.25) is 0 Å². The Hall–Kier alpha value is -0.540. The van der Waals surface area contributed by atoms with Gasteiger partial charge < -0.3 is 0 Å². The first-order valence-electron chi connectivity index (χ1n) is 5.29. The first-order valence-corrected chi connectivity index (χ1v) is 7.88. The first kappa shape index (κ1) is 13.5. The summed E-state index contributed by atoms with van der Waals surface area (Å²) in [4.78, 5) is 0. The second-order valence-corrected chi connectivity index (χ2v) is 6.70. The molecule has 1 aromatic rings. The van der Waals surface area contributed by atoms with Crippen molar-refractivity contribution in [1.29, 1.82) is 0 Å². The van der Waals surface area contributed by atoms with Gasteiger partial charge >= 0.3 is 0 Å². The summed E-state index contributed by atoms with van der Waals surface area (Å²) < 4.78 is 22.1. The molecule has 0 aliphatic heterocycles. The molecule has 0 aromatic heterocycles. The second kappa shape index (κ2) is 6.26. The van der Waals surface area contributed by atoms with Crippen molar-refractivity contribution in [2.24, 2.45) is 5.92 Å². The zero-order valence-corrected chi connectivity index (χ0v) is 11.0. The maximum Gasteiger partial charge on any atom is 0.147 e. The Morgan fingerprint density at radius 3 is 2.38 bits per heavy atom. The average molecular weight is 261 g/mol. The molecule has 4 heteroatoms. The van der Waals surface area contributed by atoms with Crippen LogP contribution in [0.5, 0.6) is 0 Å². The molecule has 0 amide bonds. The zero-order valence-electron chi connectivity index (χ0n) is 9.40. The Balaban J connectivity index is 2.50. The van der Waals surface area contributed by atoms with E-state index in [0.717, 1.165) is 6.42 Å². The van der Waals surface area contributed by atoms with Crippen LogP contribution >= 0.6 is 11.6 Å². The van der Waals surface area contributed by atoms with E-state index in [9.17, 15) is 8.42 Å². The van der Waals surface area contributed by atoms with Crippen molar-refractivity contribution < 1.29 is 8.42 Å². The molecule has 0 bridgehead atoms. The van der Waals surface area contributed by atoms with Crippen LogP contribution in [0.4, 0.5) is 0 Å². The molecule has 1 rings (SSSR count). The van der Waals surface area contributed by atoms with Crippen molar-refractivity contribution in [2.45, 2.75) is 12.8 Å². The molecule has 1 atom stereocenters. The lowest BCUT2D eigenvalue weighted by Crippen LogP contribution is -2.13. The molecule has 1 unspecified atom stereocenters. The van der Waals surface area contributed by atoms with Gasteiger partial charge in [0.05, 0.1) is 5.75 Å². The third-order valence-electron chi connectivity index (χ3n) is 2.48. The van der Waals surface area contributed by atoms with Crippen molar-refractivity contribution in [3.63, 3.8) is 0 Å². The Kier molecular flexibility index (Phi) is 5.29. The van der Waals surface area contributed by atoms with Crippen molar-refractivity contribution in [3.8, 4) is 0 Å². The van der Waals surface area contributed by atoms with E-state index in [2.05, 4.69) is 0 Å². The molecule has 90 valence electrons. The summed E-state index contributed by atoms with van der Waals surface area (Å²) in [6, 6.07) is 10.0. The third kappa shape index (κ3) is 5.52. The molecule has 0 fully saturated rings. The van der Waals surface area contributed by atoms with E-state index in [0.29, 0.717) is 12.3 Å². The van der Waals surface area contributed by atoms with E-state index in [1.807, 2.05) is 30.3 Å². The van der Waals surface area contributed by atoms with Crippen molar-refractivity contribution in [1.82, 2.24) is 0 Å². The summed E-state index contributed by atoms with van der Waals surface area (Å²) in [6.45, 7) is 0. The minimum atomic E-state index is -2.88. The molecule has 0 spiro atoms. The predicted molar refractivity (Wildman–Crippen MR) is 68.7 cm³/mol. The summed E-state index contributed by atoms with van der Waals surface area (Å²) in [6.07, 6.45) is 2.75. The van der Waals surface area contributed by atoms with Gasteiger partial charge in [-0.2, -0.15) is 0 Å². The second-order valence-electron chi connectivity index (χ2n) is 4.13. The number of rotatable bonds is 6. The highest BCUT2D eigenvalue weighted by atomic mass is 35.5. The number of sulfone groups is 1. The molecule has 0 N–H and O–H groups in total. The average Bonchev–Trinajstić information content (AvgIpc) is 2.24. The van der Waals surface area contributed by atoms with Crippen LogP contribution in [0.2, 0.25) is 0 Å². The predicted octanol–water partition coefficient (Wildman–Crippen LogP) is 2.52. The molecular weight excluding hydrogens is 244 g/mol. The number of alkyl halides is 1. The van der Waals surface area contributed by atoms with E-state index in [1.54, 1.807) is 0 Å². The van der Waals surface area contributed by atoms with Crippen LogP contribution in [0.15, 0.2) is 30.3 Å². The van der Waals surface area contributed by atoms with E-state index < -0.39 is 9.84 Å². The molecule has 1 aromatic carbocycles. The van der Waals surface area contributed by atoms with Crippen LogP contribution in [0, 0.1) is 5.92 Å². The lowest BCUT2D eigenvalue weighted by atomic mass is 9.99. The maximum absolute atomic E-state index is 11.1. The standard InChI is InChI=1S/C12H17ClO2S/c1-16(14,15)8-7-12(10-13)9-11-5-3-2-4-6-11/h2-6,12H,7-10H2,1H3. The molecule has 0 heterocycles. The van der Waals surface area contributed by atoms with Crippen LogP contribution in [-0.4, -0.2) is 26.3 Å². The third-order valence-corrected chi connectivity index (χ3v) is 3.90. The Bertz CT molecular complexity index is 400. The van der Waals surface area contributed by atoms with Crippen LogP contribution < -0.4 is 0 Å². The number of halogens is 1. The number of benzene rings is 1. The zero-order chi connectivity index (χ0) is 12.0. The van der Waals surface area contributed by atoms with E-state index in [4.69, 9.17) is 11.6 Å². The van der Waals surface area contributed by atoms with Crippen LogP contribution in [-0.2, 0) is 16.3 Å². The smallest absolute Gasteiger partial charge is 0.147 e. The number of hydrogen-bond donors (Lipinski definition) is 0. The van der Waals surface area contributed by atoms with Crippen molar-refractivity contribution >= 4 is 21.4 Å². The molecule has 0 saturated heterocycles. The van der Waals surface area contributed by atoms with Gasteiger partial charge in [-0.05, 0) is 24.3 Å². The lowest BCUT2D eigenvalue weighted by Gasteiger charge is -2.12. The van der Waals surface area contributed by atoms with Crippen LogP contribution in [0.1, 0.15) is 12.0 Å². The largest absolute Gasteiger partial charge is 0.229 e. The topological polar surface area (TPSA) is 34.1 Å². The van der Waals surface area contributed by atoms with Gasteiger partial charge in [-0.3, -0.25) is 0 Å². The first-order chi connectivity index (χ1) is 7.51. The molecule has 2 nitrogen and oxygen atoms in total. The van der Waals surface area contributed by atoms with Crippen molar-refractivity contribution in [2.75, 3.05) is 17.9 Å². The van der Waals surface area contributed by atoms with Gasteiger partial charge in [0, 0.05) is 12.1 Å². The SMILES string of the molecule is CS(=O)(=O)CCC(CCl)Cc1ccccc1. The van der Waals surface area contributed by atoms with Crippen LogP contribution in [0.25, 0.3) is 0 Å². The molecule has 0 saturated carbocycles. The summed E-state index contributed by atoms with van der Waals surface area (Å²) in [5.41, 5.74) is 1.21. The fourth-order valence-electron chi connectivity index (χ4n) is 1.56. The van der Waals surface area contributed by atoms with Crippen molar-refractivity contribution in [3.05, 3.63) is 35.9 Å². The Morgan fingerprint density at radius 1 is 1.25 bits per heavy atom. The molecular formula is C12H17ClO2S. The highest BCUT2D eigenvalue weighted by Crippen LogP contribution is 2.14. The Morgan fingerprint density at radius 2 is 1.88 bits per heavy atom. The van der Waals surface area contributed by atoms with Gasteiger partial charge in [-0.25, -0.2) is 8.42 Å². The van der Waals surface area contributed by atoms with E-state index in [1.165, 1.54) is 11.8 Å². The highest BCUT2D eigenvalue weighted by Gasteiger charge is 2.12. The molecule has 0 radical (unpaired) electrons. The summed E-state index contributed by atoms with van der Waals surface area (Å²) in [5.74, 6) is 0.959. The minimum Gasteiger partial charge on any atom is -0.229 e. The van der Waals surface area contributed by atoms with Crippen LogP contribution in [0.3, 0.4) is 0 Å². The normalized spacial score (nSPS) is 13.6. The minimum absolute atomic E-state index is 0.219. The quantitative estimate of drug-likeness (QED) is 0.737. The molecule has 0 aliphatic carbocycles. The van der Waals surface area contributed by atoms with Gasteiger partial charge in [-0.15, -0.1) is 11.6 Å². The monoisotopic (exact) mass is 260 g/mol. The molecule has 0 aliphatic rings. The lowest BCUT2D eigenvalue weighted by molar-refractivity contribution is 0.550. The highest BCUT2D eigenvalue weighted by molar-refractivity contribution is 7.90. The fraction of sp³-hybridized carbons (Fsp3) is 0.500. The van der Waals surface area contributed by atoms with E-state index in [-0.39, 0.29) is 11.7 Å². The van der Waals surface area contributed by atoms with Gasteiger partial charge in [0.1, 0.15) is 9.84 Å². The van der Waals surface area contributed by atoms with Gasteiger partial charge in [0.25, 0.3) is 0 Å². The summed E-state index contributed by atoms with van der Waals surface area (Å²) in [5, 5.41) is 0.